The number of aliphatic hydroxyl groups excluding tert-OH is 1. The topological polar surface area (TPSA) is 234 Å². The molecule has 18 nitrogen and oxygen atoms in total. The Balaban J connectivity index is 1.24. The second kappa shape index (κ2) is 11.8. The van der Waals surface area contributed by atoms with E-state index in [1.165, 1.54) is 4.68 Å². The Labute approximate surface area is 249 Å². The zero-order valence-corrected chi connectivity index (χ0v) is 25.0. The number of nitrogens with zero attached hydrogens (tertiary/aromatic N) is 7. The molecule has 2 aliphatic heterocycles. The van der Waals surface area contributed by atoms with Gasteiger partial charge in [-0.05, 0) is 38.3 Å². The van der Waals surface area contributed by atoms with Gasteiger partial charge in [-0.15, -0.1) is 10.2 Å². The molecule has 3 aliphatic rings. The minimum atomic E-state index is -5.09. The van der Waals surface area contributed by atoms with Crippen LogP contribution in [-0.2, 0) is 34.9 Å². The van der Waals surface area contributed by atoms with E-state index in [4.69, 9.17) is 35.3 Å². The summed E-state index contributed by atoms with van der Waals surface area (Å²) in [4.78, 5) is 29.1. The second-order valence-electron chi connectivity index (χ2n) is 11.2. The van der Waals surface area contributed by atoms with Crippen molar-refractivity contribution in [1.82, 2.24) is 40.4 Å². The van der Waals surface area contributed by atoms with Crippen LogP contribution in [0.3, 0.4) is 0 Å². The lowest BCUT2D eigenvalue weighted by molar-refractivity contribution is -0.208. The summed E-state index contributed by atoms with van der Waals surface area (Å²) in [7, 11) is -5.09. The van der Waals surface area contributed by atoms with E-state index in [1.54, 1.807) is 20.0 Å². The lowest BCUT2D eigenvalue weighted by atomic mass is 10.1. The minimum absolute atomic E-state index is 0.0308. The Hall–Kier alpha value is -2.38. The van der Waals surface area contributed by atoms with Gasteiger partial charge in [0.25, 0.3) is 0 Å². The standard InChI is InChI=1S/C23H33ClN9O9P/c1-22(2)41-16-14(8-39-23(10-34,43(35,36)37)11-38-9-15-29-31-32-30-15)40-20(17(16)42-22)33-19-13(7-25-33)18(27-21(24)28-19)26-12-5-3-4-6-12/h7,12,14,16-17,20,34H,3-6,8-11H2,1-2H3,(H,26,27,28)(H2,35,36,37)(H,29,30,31,32)/t14-,16-,17-,20-,23?/m1/s1. The molecule has 6 rings (SSSR count). The molecular formula is C23H33ClN9O9P. The second-order valence-corrected chi connectivity index (χ2v) is 13.4. The lowest BCUT2D eigenvalue weighted by Gasteiger charge is -2.33. The number of anilines is 1. The van der Waals surface area contributed by atoms with Crippen LogP contribution in [0.15, 0.2) is 6.20 Å². The molecule has 0 amide bonds. The number of ether oxygens (including phenoxy) is 5. The molecule has 0 aromatic carbocycles. The van der Waals surface area contributed by atoms with Crippen molar-refractivity contribution in [3.63, 3.8) is 0 Å². The fourth-order valence-electron chi connectivity index (χ4n) is 5.62. The molecule has 0 radical (unpaired) electrons. The van der Waals surface area contributed by atoms with E-state index in [9.17, 15) is 19.5 Å². The largest absolute Gasteiger partial charge is 0.393 e. The van der Waals surface area contributed by atoms with Crippen LogP contribution < -0.4 is 5.32 Å². The van der Waals surface area contributed by atoms with Gasteiger partial charge in [-0.1, -0.05) is 18.1 Å². The molecule has 0 bridgehead atoms. The molecule has 5 atom stereocenters. The van der Waals surface area contributed by atoms with Crippen LogP contribution in [0.2, 0.25) is 5.28 Å². The number of aromatic nitrogens is 8. The van der Waals surface area contributed by atoms with Gasteiger partial charge in [-0.25, -0.2) is 4.68 Å². The number of tetrazole rings is 1. The highest BCUT2D eigenvalue weighted by atomic mass is 35.5. The van der Waals surface area contributed by atoms with E-state index in [0.29, 0.717) is 16.9 Å². The monoisotopic (exact) mass is 645 g/mol. The fraction of sp³-hybridized carbons (Fsp3) is 0.739. The molecule has 1 unspecified atom stereocenters. The molecule has 43 heavy (non-hydrogen) atoms. The highest BCUT2D eigenvalue weighted by Gasteiger charge is 2.58. The van der Waals surface area contributed by atoms with E-state index in [-0.39, 0.29) is 23.8 Å². The number of H-pyrrole nitrogens is 1. The van der Waals surface area contributed by atoms with E-state index < -0.39 is 63.1 Å². The van der Waals surface area contributed by atoms with Crippen molar-refractivity contribution in [2.75, 3.05) is 25.1 Å². The third-order valence-corrected chi connectivity index (χ3v) is 9.36. The maximum absolute atomic E-state index is 12.5. The summed E-state index contributed by atoms with van der Waals surface area (Å²) < 4.78 is 43.8. The van der Waals surface area contributed by atoms with Gasteiger partial charge in [0.05, 0.1) is 31.4 Å². The molecule has 236 valence electrons. The Morgan fingerprint density at radius 1 is 1.26 bits per heavy atom. The molecule has 5 N–H and O–H groups in total. The molecule has 0 spiro atoms. The number of aromatic amines is 1. The highest BCUT2D eigenvalue weighted by molar-refractivity contribution is 7.53. The molecule has 3 aromatic heterocycles. The van der Waals surface area contributed by atoms with Gasteiger partial charge in [0, 0.05) is 6.04 Å². The van der Waals surface area contributed by atoms with Crippen molar-refractivity contribution in [2.45, 2.75) is 87.8 Å². The predicted octanol–water partition coefficient (Wildman–Crippen LogP) is 0.864. The summed E-state index contributed by atoms with van der Waals surface area (Å²) in [6.45, 7) is 1.14. The number of aliphatic hydroxyl groups is 1. The first-order valence-corrected chi connectivity index (χ1v) is 15.8. The third kappa shape index (κ3) is 6.13. The Morgan fingerprint density at radius 2 is 2.02 bits per heavy atom. The molecule has 20 heteroatoms. The number of halogens is 1. The number of rotatable bonds is 12. The molecule has 5 heterocycles. The first-order valence-electron chi connectivity index (χ1n) is 13.8. The zero-order valence-electron chi connectivity index (χ0n) is 23.4. The van der Waals surface area contributed by atoms with Crippen molar-refractivity contribution in [3.8, 4) is 0 Å². The van der Waals surface area contributed by atoms with Crippen molar-refractivity contribution < 1.29 is 43.1 Å². The average molecular weight is 646 g/mol. The summed E-state index contributed by atoms with van der Waals surface area (Å²) in [5, 5.41) is 29.5. The summed E-state index contributed by atoms with van der Waals surface area (Å²) >= 11 is 6.32. The average Bonchev–Trinajstić information content (AvgIpc) is 3.76. The van der Waals surface area contributed by atoms with Gasteiger partial charge in [0.1, 0.15) is 30.7 Å². The summed E-state index contributed by atoms with van der Waals surface area (Å²) in [6, 6.07) is 0.274. The van der Waals surface area contributed by atoms with Crippen LogP contribution in [0.4, 0.5) is 5.82 Å². The van der Waals surface area contributed by atoms with Crippen molar-refractivity contribution >= 4 is 36.0 Å². The normalized spacial score (nSPS) is 27.1. The van der Waals surface area contributed by atoms with Crippen LogP contribution >= 0.6 is 19.2 Å². The number of fused-ring (bicyclic) bond motifs is 2. The molecule has 1 aliphatic carbocycles. The van der Waals surface area contributed by atoms with Crippen LogP contribution in [0, 0.1) is 0 Å². The Kier molecular flexibility index (Phi) is 8.44. The van der Waals surface area contributed by atoms with E-state index >= 15 is 0 Å². The van der Waals surface area contributed by atoms with Crippen molar-refractivity contribution in [3.05, 3.63) is 17.3 Å². The fourth-order valence-corrected chi connectivity index (χ4v) is 6.48. The van der Waals surface area contributed by atoms with Crippen LogP contribution in [0.5, 0.6) is 0 Å². The van der Waals surface area contributed by atoms with Gasteiger partial charge in [0.2, 0.25) is 10.6 Å². The molecule has 2 saturated heterocycles. The van der Waals surface area contributed by atoms with Gasteiger partial charge >= 0.3 is 7.60 Å². The first kappa shape index (κ1) is 30.6. The Morgan fingerprint density at radius 3 is 2.72 bits per heavy atom. The number of nitrogens with one attached hydrogen (secondary N) is 2. The van der Waals surface area contributed by atoms with E-state index in [1.807, 2.05) is 0 Å². The first-order chi connectivity index (χ1) is 20.5. The number of hydrogen-bond donors (Lipinski definition) is 5. The van der Waals surface area contributed by atoms with Crippen molar-refractivity contribution in [2.24, 2.45) is 0 Å². The zero-order chi connectivity index (χ0) is 30.4. The minimum Gasteiger partial charge on any atom is -0.393 e. The predicted molar refractivity (Wildman–Crippen MR) is 146 cm³/mol. The van der Waals surface area contributed by atoms with Gasteiger partial charge < -0.3 is 43.9 Å². The van der Waals surface area contributed by atoms with E-state index in [0.717, 1.165) is 25.7 Å². The maximum Gasteiger partial charge on any atom is 0.361 e. The number of hydrogen-bond acceptors (Lipinski definition) is 14. The highest BCUT2D eigenvalue weighted by Crippen LogP contribution is 2.52. The maximum atomic E-state index is 12.5. The molecule has 3 aromatic rings. The molecule has 3 fully saturated rings. The Bertz CT molecular complexity index is 1470. The summed E-state index contributed by atoms with van der Waals surface area (Å²) in [5.41, 5.74) is 0.411. The third-order valence-electron chi connectivity index (χ3n) is 7.73. The summed E-state index contributed by atoms with van der Waals surface area (Å²) in [6.07, 6.45) is 2.79. The van der Waals surface area contributed by atoms with Crippen LogP contribution in [0.25, 0.3) is 11.0 Å². The van der Waals surface area contributed by atoms with Crippen LogP contribution in [0.1, 0.15) is 51.6 Å². The van der Waals surface area contributed by atoms with Gasteiger partial charge in [-0.2, -0.15) is 20.3 Å². The lowest BCUT2D eigenvalue weighted by Crippen LogP contribution is -2.45. The quantitative estimate of drug-likeness (QED) is 0.136. The van der Waals surface area contributed by atoms with E-state index in [2.05, 4.69) is 41.0 Å². The van der Waals surface area contributed by atoms with Crippen LogP contribution in [-0.4, -0.2) is 111 Å². The van der Waals surface area contributed by atoms with Gasteiger partial charge in [0.15, 0.2) is 23.5 Å². The SMILES string of the molecule is CC1(C)O[C@@H]2[C@H](O1)[C@@H](COC(CO)(COCc1nn[nH]n1)P(=O)(O)O)O[C@H]2n1ncc2c(NC3CCCC3)nc(Cl)nc21. The molecule has 1 saturated carbocycles. The van der Waals surface area contributed by atoms with Crippen molar-refractivity contribution in [1.29, 1.82) is 0 Å². The molecular weight excluding hydrogens is 613 g/mol. The summed E-state index contributed by atoms with van der Waals surface area (Å²) in [5.74, 6) is -0.287. The smallest absolute Gasteiger partial charge is 0.361 e. The van der Waals surface area contributed by atoms with Gasteiger partial charge in [-0.3, -0.25) is 4.57 Å².